The summed E-state index contributed by atoms with van der Waals surface area (Å²) in [5.41, 5.74) is 14.2. The minimum Gasteiger partial charge on any atom is -0.309 e. The fourth-order valence-corrected chi connectivity index (χ4v) is 9.96. The fraction of sp³-hybridized carbons (Fsp3) is 0. The van der Waals surface area contributed by atoms with Crippen molar-refractivity contribution in [3.05, 3.63) is 206 Å². The lowest BCUT2D eigenvalue weighted by Crippen LogP contribution is -2.01. The summed E-state index contributed by atoms with van der Waals surface area (Å²) in [5.74, 6) is 0. The quantitative estimate of drug-likeness (QED) is 0.171. The van der Waals surface area contributed by atoms with Crippen molar-refractivity contribution in [2.75, 3.05) is 0 Å². The van der Waals surface area contributed by atoms with Gasteiger partial charge in [0.25, 0.3) is 0 Å². The average Bonchev–Trinajstić information content (AvgIpc) is 4.01. The second-order valence-corrected chi connectivity index (χ2v) is 15.3. The van der Waals surface area contributed by atoms with E-state index < -0.39 is 0 Å². The molecule has 0 fully saturated rings. The summed E-state index contributed by atoms with van der Waals surface area (Å²) in [5, 5.41) is 9.93. The Morgan fingerprint density at radius 3 is 1.12 bits per heavy atom. The first-order chi connectivity index (χ1) is 28.8. The molecular weight excluding hydrogens is 705 g/mol. The molecular formula is C54H34N4. The van der Waals surface area contributed by atoms with Crippen molar-refractivity contribution in [2.45, 2.75) is 0 Å². The maximum Gasteiger partial charge on any atom is 0.0782 e. The molecule has 0 unspecified atom stereocenters. The predicted octanol–water partition coefficient (Wildman–Crippen LogP) is 14.1. The average molecular weight is 739 g/mol. The highest BCUT2D eigenvalue weighted by Gasteiger charge is 2.22. The van der Waals surface area contributed by atoms with Crippen LogP contribution in [0.15, 0.2) is 206 Å². The van der Waals surface area contributed by atoms with Crippen molar-refractivity contribution >= 4 is 87.2 Å². The van der Waals surface area contributed by atoms with Crippen LogP contribution in [0.2, 0.25) is 0 Å². The second kappa shape index (κ2) is 11.8. The molecule has 4 aromatic heterocycles. The van der Waals surface area contributed by atoms with Crippen LogP contribution in [0.25, 0.3) is 110 Å². The first-order valence-corrected chi connectivity index (χ1v) is 20.0. The minimum atomic E-state index is 1.14. The summed E-state index contributed by atoms with van der Waals surface area (Å²) in [4.78, 5) is 0. The van der Waals surface area contributed by atoms with Crippen LogP contribution in [0.4, 0.5) is 0 Å². The maximum absolute atomic E-state index is 2.49. The largest absolute Gasteiger partial charge is 0.309 e. The van der Waals surface area contributed by atoms with Gasteiger partial charge >= 0.3 is 0 Å². The van der Waals surface area contributed by atoms with Gasteiger partial charge in [0.1, 0.15) is 0 Å². The molecule has 0 N–H and O–H groups in total. The van der Waals surface area contributed by atoms with Gasteiger partial charge in [-0.25, -0.2) is 0 Å². The molecule has 4 heteroatoms. The second-order valence-electron chi connectivity index (χ2n) is 15.3. The molecule has 4 nitrogen and oxygen atoms in total. The van der Waals surface area contributed by atoms with Crippen molar-refractivity contribution in [3.63, 3.8) is 0 Å². The van der Waals surface area contributed by atoms with E-state index in [0.29, 0.717) is 0 Å². The van der Waals surface area contributed by atoms with Gasteiger partial charge in [0.05, 0.1) is 49.8 Å². The van der Waals surface area contributed by atoms with Gasteiger partial charge in [-0.15, -0.1) is 0 Å². The lowest BCUT2D eigenvalue weighted by atomic mass is 10.1. The van der Waals surface area contributed by atoms with Crippen molar-refractivity contribution in [3.8, 4) is 22.7 Å². The van der Waals surface area contributed by atoms with Crippen molar-refractivity contribution in [1.82, 2.24) is 18.3 Å². The lowest BCUT2D eigenvalue weighted by molar-refractivity contribution is 1.13. The van der Waals surface area contributed by atoms with E-state index >= 15 is 0 Å². The molecule has 0 spiro atoms. The molecule has 0 radical (unpaired) electrons. The number of hydrogen-bond donors (Lipinski definition) is 0. The molecule has 0 aliphatic heterocycles. The molecule has 0 aliphatic rings. The predicted molar refractivity (Wildman–Crippen MR) is 244 cm³/mol. The molecule has 4 heterocycles. The summed E-state index contributed by atoms with van der Waals surface area (Å²) in [6.45, 7) is 0. The van der Waals surface area contributed by atoms with E-state index in [-0.39, 0.29) is 0 Å². The maximum atomic E-state index is 2.49. The molecule has 9 aromatic carbocycles. The summed E-state index contributed by atoms with van der Waals surface area (Å²) >= 11 is 0. The van der Waals surface area contributed by atoms with E-state index in [2.05, 4.69) is 225 Å². The first kappa shape index (κ1) is 31.4. The smallest absolute Gasteiger partial charge is 0.0782 e. The Labute approximate surface area is 333 Å². The van der Waals surface area contributed by atoms with E-state index in [1.54, 1.807) is 0 Å². The number of benzene rings is 9. The molecule has 0 aliphatic carbocycles. The normalized spacial score (nSPS) is 12.1. The van der Waals surface area contributed by atoms with Crippen LogP contribution in [-0.2, 0) is 0 Å². The summed E-state index contributed by atoms with van der Waals surface area (Å²) in [6.07, 6.45) is 0. The van der Waals surface area contributed by atoms with Crippen LogP contribution in [-0.4, -0.2) is 18.3 Å². The third-order valence-corrected chi connectivity index (χ3v) is 12.3. The zero-order valence-corrected chi connectivity index (χ0v) is 31.4. The molecule has 0 amide bonds. The molecule has 0 bridgehead atoms. The van der Waals surface area contributed by atoms with Gasteiger partial charge in [0, 0.05) is 60.2 Å². The summed E-state index contributed by atoms with van der Waals surface area (Å²) in [6, 6.07) is 75.5. The number of rotatable bonds is 4. The zero-order valence-electron chi connectivity index (χ0n) is 31.4. The molecule has 13 aromatic rings. The Morgan fingerprint density at radius 1 is 0.207 bits per heavy atom. The van der Waals surface area contributed by atoms with Gasteiger partial charge in [-0.1, -0.05) is 121 Å². The van der Waals surface area contributed by atoms with Gasteiger partial charge in [-0.3, -0.25) is 0 Å². The highest BCUT2D eigenvalue weighted by atomic mass is 15.1. The van der Waals surface area contributed by atoms with Crippen LogP contribution < -0.4 is 0 Å². The number of hydrogen-bond acceptors (Lipinski definition) is 0. The Morgan fingerprint density at radius 2 is 0.569 bits per heavy atom. The minimum absolute atomic E-state index is 1.14. The monoisotopic (exact) mass is 738 g/mol. The van der Waals surface area contributed by atoms with E-state index in [1.165, 1.54) is 87.2 Å². The zero-order chi connectivity index (χ0) is 37.9. The van der Waals surface area contributed by atoms with Gasteiger partial charge in [0.15, 0.2) is 0 Å². The first-order valence-electron chi connectivity index (χ1n) is 20.0. The Bertz CT molecular complexity index is 3740. The van der Waals surface area contributed by atoms with Crippen LogP contribution in [0.1, 0.15) is 0 Å². The molecule has 13 rings (SSSR count). The van der Waals surface area contributed by atoms with E-state index in [0.717, 1.165) is 22.7 Å². The molecule has 58 heavy (non-hydrogen) atoms. The highest BCUT2D eigenvalue weighted by Crippen LogP contribution is 2.42. The molecule has 0 saturated carbocycles. The van der Waals surface area contributed by atoms with Gasteiger partial charge < -0.3 is 18.3 Å². The third kappa shape index (κ3) is 4.23. The molecule has 0 atom stereocenters. The van der Waals surface area contributed by atoms with Crippen LogP contribution >= 0.6 is 0 Å². The van der Waals surface area contributed by atoms with E-state index in [9.17, 15) is 0 Å². The highest BCUT2D eigenvalue weighted by molar-refractivity contribution is 6.17. The van der Waals surface area contributed by atoms with Crippen molar-refractivity contribution in [1.29, 1.82) is 0 Å². The topological polar surface area (TPSA) is 19.7 Å². The van der Waals surface area contributed by atoms with Crippen molar-refractivity contribution in [2.24, 2.45) is 0 Å². The fourth-order valence-electron chi connectivity index (χ4n) is 9.96. The van der Waals surface area contributed by atoms with Crippen LogP contribution in [0.5, 0.6) is 0 Å². The van der Waals surface area contributed by atoms with Gasteiger partial charge in [-0.2, -0.15) is 0 Å². The standard InChI is InChI=1S/C54H34N4/c1-2-15-35(16-3-1)55-48-25-11-7-20-41(48)44-34-37(30-31-51(44)55)57-49-26-12-6-19-40(49)43-22-14-28-53(54(43)57)58-50-27-13-8-21-42(50)45-33-36(29-32-52(45)58)56-46-23-9-4-17-38(46)39-18-5-10-24-47(39)56/h1-34H. The Kier molecular flexibility index (Phi) is 6.41. The Hall–Kier alpha value is -7.82. The number of aromatic nitrogens is 4. The Balaban J connectivity index is 1.10. The lowest BCUT2D eigenvalue weighted by Gasteiger charge is -2.15. The van der Waals surface area contributed by atoms with Crippen LogP contribution in [0, 0.1) is 0 Å². The van der Waals surface area contributed by atoms with Gasteiger partial charge in [0.2, 0.25) is 0 Å². The number of nitrogens with zero attached hydrogens (tertiary/aromatic N) is 4. The number of para-hydroxylation sites is 7. The van der Waals surface area contributed by atoms with Gasteiger partial charge in [-0.05, 0) is 84.9 Å². The van der Waals surface area contributed by atoms with Crippen LogP contribution in [0.3, 0.4) is 0 Å². The third-order valence-electron chi connectivity index (χ3n) is 12.3. The number of fused-ring (bicyclic) bond motifs is 12. The molecule has 270 valence electrons. The summed E-state index contributed by atoms with van der Waals surface area (Å²) < 4.78 is 9.77. The SMILES string of the molecule is c1ccc(-n2c3ccccc3c3cc(-n4c5ccccc5c5cccc(-n6c7ccccc7c7cc(-n8c9ccccc9c9ccccc98)ccc76)c54)ccc32)cc1. The van der Waals surface area contributed by atoms with E-state index in [4.69, 9.17) is 0 Å². The van der Waals surface area contributed by atoms with E-state index in [1.807, 2.05) is 0 Å². The molecule has 0 saturated heterocycles. The summed E-state index contributed by atoms with van der Waals surface area (Å²) in [7, 11) is 0. The van der Waals surface area contributed by atoms with Crippen molar-refractivity contribution < 1.29 is 0 Å².